The first-order chi connectivity index (χ1) is 8.66. The maximum Gasteiger partial charge on any atom is 0.332 e. The highest BCUT2D eigenvalue weighted by Gasteiger charge is 2.34. The molecule has 2 rings (SSSR count). The molecule has 0 aromatic rings. The van der Waals surface area contributed by atoms with Crippen LogP contribution in [0.2, 0.25) is 0 Å². The molecular weight excluding hydrogens is 236 g/mol. The van der Waals surface area contributed by atoms with Crippen LogP contribution in [0.3, 0.4) is 0 Å². The molecule has 0 amide bonds. The van der Waals surface area contributed by atoms with Crippen LogP contribution in [0.1, 0.15) is 38.5 Å². The lowest BCUT2D eigenvalue weighted by Crippen LogP contribution is -2.46. The van der Waals surface area contributed by atoms with Gasteiger partial charge in [0.1, 0.15) is 6.10 Å². The van der Waals surface area contributed by atoms with Crippen LogP contribution in [0.5, 0.6) is 0 Å². The van der Waals surface area contributed by atoms with Crippen molar-refractivity contribution in [3.8, 4) is 0 Å². The van der Waals surface area contributed by atoms with Gasteiger partial charge in [0.2, 0.25) is 0 Å². The van der Waals surface area contributed by atoms with E-state index in [0.717, 1.165) is 0 Å². The van der Waals surface area contributed by atoms with Gasteiger partial charge in [-0.25, -0.2) is 4.79 Å². The van der Waals surface area contributed by atoms with Crippen LogP contribution in [-0.4, -0.2) is 47.7 Å². The van der Waals surface area contributed by atoms with E-state index in [0.29, 0.717) is 12.5 Å². The summed E-state index contributed by atoms with van der Waals surface area (Å²) in [6, 6.07) is 0. The molecule has 1 saturated heterocycles. The highest BCUT2D eigenvalue weighted by molar-refractivity contribution is 5.72. The molecule has 1 aliphatic carbocycles. The predicted molar refractivity (Wildman–Crippen MR) is 64.3 cm³/mol. The van der Waals surface area contributed by atoms with Crippen molar-refractivity contribution in [2.75, 3.05) is 13.2 Å². The molecule has 2 aliphatic rings. The third kappa shape index (κ3) is 3.67. The molecule has 0 spiro atoms. The highest BCUT2D eigenvalue weighted by Crippen LogP contribution is 2.25. The van der Waals surface area contributed by atoms with E-state index in [2.05, 4.69) is 0 Å². The van der Waals surface area contributed by atoms with Gasteiger partial charge >= 0.3 is 5.97 Å². The van der Waals surface area contributed by atoms with Gasteiger partial charge in [-0.15, -0.1) is 0 Å². The molecule has 2 unspecified atom stereocenters. The minimum atomic E-state index is -0.979. The molecule has 2 N–H and O–H groups in total. The smallest absolute Gasteiger partial charge is 0.332 e. The van der Waals surface area contributed by atoms with Crippen LogP contribution in [-0.2, 0) is 14.3 Å². The number of rotatable bonds is 4. The van der Waals surface area contributed by atoms with Crippen LogP contribution in [0.25, 0.3) is 0 Å². The van der Waals surface area contributed by atoms with E-state index in [-0.39, 0.29) is 13.0 Å². The van der Waals surface area contributed by atoms with Crippen molar-refractivity contribution in [3.05, 3.63) is 0 Å². The molecule has 5 heteroatoms. The fraction of sp³-hybridized carbons (Fsp3) is 0.923. The van der Waals surface area contributed by atoms with Crippen LogP contribution in [0.15, 0.2) is 0 Å². The largest absolute Gasteiger partial charge is 0.479 e. The Labute approximate surface area is 107 Å². The summed E-state index contributed by atoms with van der Waals surface area (Å²) in [5, 5.41) is 18.7. The molecule has 1 heterocycles. The van der Waals surface area contributed by atoms with Crippen molar-refractivity contribution in [1.29, 1.82) is 0 Å². The standard InChI is InChI=1S/C13H22O5/c14-10-8-18-12(13(15)16)6-11(10)17-7-9-4-2-1-3-5-9/h9-12,14H,1-8H2,(H,15,16)/t10?,11-,12?/m1/s1. The molecular formula is C13H22O5. The Hall–Kier alpha value is -0.650. The Kier molecular flexibility index (Phi) is 4.97. The lowest BCUT2D eigenvalue weighted by atomic mass is 9.90. The number of aliphatic hydroxyl groups excluding tert-OH is 1. The number of carboxylic acid groups (broad SMARTS) is 1. The second-order valence-corrected chi connectivity index (χ2v) is 5.34. The van der Waals surface area contributed by atoms with Crippen molar-refractivity contribution in [2.45, 2.75) is 56.8 Å². The van der Waals surface area contributed by atoms with Crippen LogP contribution in [0.4, 0.5) is 0 Å². The second kappa shape index (κ2) is 6.50. The number of aliphatic carboxylic acids is 1. The number of carbonyl (C=O) groups is 1. The number of hydrogen-bond donors (Lipinski definition) is 2. The second-order valence-electron chi connectivity index (χ2n) is 5.34. The zero-order chi connectivity index (χ0) is 13.0. The molecule has 5 nitrogen and oxygen atoms in total. The molecule has 1 saturated carbocycles. The summed E-state index contributed by atoms with van der Waals surface area (Å²) in [7, 11) is 0. The first kappa shape index (κ1) is 13.8. The monoisotopic (exact) mass is 258 g/mol. The maximum absolute atomic E-state index is 10.9. The van der Waals surface area contributed by atoms with E-state index in [4.69, 9.17) is 14.6 Å². The SMILES string of the molecule is O=C(O)C1C[C@@H](OCC2CCCCC2)C(O)CO1. The molecule has 0 bridgehead atoms. The molecule has 2 fully saturated rings. The van der Waals surface area contributed by atoms with Gasteiger partial charge in [0.15, 0.2) is 6.10 Å². The summed E-state index contributed by atoms with van der Waals surface area (Å²) in [5.74, 6) is -0.412. The van der Waals surface area contributed by atoms with Crippen molar-refractivity contribution in [3.63, 3.8) is 0 Å². The summed E-state index contributed by atoms with van der Waals surface area (Å²) >= 11 is 0. The van der Waals surface area contributed by atoms with E-state index in [1.807, 2.05) is 0 Å². The lowest BCUT2D eigenvalue weighted by molar-refractivity contribution is -0.176. The Morgan fingerprint density at radius 3 is 2.67 bits per heavy atom. The summed E-state index contributed by atoms with van der Waals surface area (Å²) in [4.78, 5) is 10.9. The van der Waals surface area contributed by atoms with Crippen molar-refractivity contribution < 1.29 is 24.5 Å². The van der Waals surface area contributed by atoms with Crippen LogP contribution >= 0.6 is 0 Å². The fourth-order valence-corrected chi connectivity index (χ4v) is 2.72. The third-order valence-electron chi connectivity index (χ3n) is 3.89. The number of hydrogen-bond acceptors (Lipinski definition) is 4. The molecule has 0 aromatic heterocycles. The van der Waals surface area contributed by atoms with E-state index in [1.165, 1.54) is 32.1 Å². The maximum atomic E-state index is 10.9. The summed E-state index contributed by atoms with van der Waals surface area (Å²) in [6.07, 6.45) is 4.46. The quantitative estimate of drug-likeness (QED) is 0.792. The Balaban J connectivity index is 1.77. The lowest BCUT2D eigenvalue weighted by Gasteiger charge is -2.33. The molecule has 3 atom stereocenters. The Morgan fingerprint density at radius 1 is 1.28 bits per heavy atom. The summed E-state index contributed by atoms with van der Waals surface area (Å²) in [5.41, 5.74) is 0. The van der Waals surface area contributed by atoms with Gasteiger partial charge in [0.25, 0.3) is 0 Å². The van der Waals surface area contributed by atoms with Gasteiger partial charge < -0.3 is 19.7 Å². The number of aliphatic hydroxyl groups is 1. The zero-order valence-corrected chi connectivity index (χ0v) is 10.6. The molecule has 18 heavy (non-hydrogen) atoms. The molecule has 0 radical (unpaired) electrons. The van der Waals surface area contributed by atoms with E-state index < -0.39 is 24.3 Å². The van der Waals surface area contributed by atoms with E-state index in [9.17, 15) is 9.90 Å². The molecule has 0 aromatic carbocycles. The normalized spacial score (nSPS) is 34.4. The van der Waals surface area contributed by atoms with E-state index >= 15 is 0 Å². The number of carboxylic acids is 1. The topological polar surface area (TPSA) is 76.0 Å². The van der Waals surface area contributed by atoms with Crippen molar-refractivity contribution in [1.82, 2.24) is 0 Å². The van der Waals surface area contributed by atoms with Crippen LogP contribution < -0.4 is 0 Å². The van der Waals surface area contributed by atoms with Gasteiger partial charge in [-0.1, -0.05) is 19.3 Å². The van der Waals surface area contributed by atoms with Gasteiger partial charge in [-0.2, -0.15) is 0 Å². The first-order valence-corrected chi connectivity index (χ1v) is 6.81. The zero-order valence-electron chi connectivity index (χ0n) is 10.6. The van der Waals surface area contributed by atoms with E-state index in [1.54, 1.807) is 0 Å². The Bertz CT molecular complexity index is 275. The highest BCUT2D eigenvalue weighted by atomic mass is 16.5. The van der Waals surface area contributed by atoms with Gasteiger partial charge in [-0.05, 0) is 18.8 Å². The first-order valence-electron chi connectivity index (χ1n) is 6.81. The van der Waals surface area contributed by atoms with Crippen LogP contribution in [0, 0.1) is 5.92 Å². The van der Waals surface area contributed by atoms with Gasteiger partial charge in [0, 0.05) is 13.0 Å². The fourth-order valence-electron chi connectivity index (χ4n) is 2.72. The minimum Gasteiger partial charge on any atom is -0.479 e. The molecule has 104 valence electrons. The summed E-state index contributed by atoms with van der Waals surface area (Å²) < 4.78 is 10.8. The van der Waals surface area contributed by atoms with Gasteiger partial charge in [0.05, 0.1) is 12.7 Å². The number of ether oxygens (including phenoxy) is 2. The van der Waals surface area contributed by atoms with Crippen molar-refractivity contribution in [2.24, 2.45) is 5.92 Å². The minimum absolute atomic E-state index is 0.0479. The summed E-state index contributed by atoms with van der Waals surface area (Å²) in [6.45, 7) is 0.681. The average Bonchev–Trinajstić information content (AvgIpc) is 2.38. The Morgan fingerprint density at radius 2 is 2.00 bits per heavy atom. The molecule has 1 aliphatic heterocycles. The third-order valence-corrected chi connectivity index (χ3v) is 3.89. The van der Waals surface area contributed by atoms with Crippen molar-refractivity contribution >= 4 is 5.97 Å². The predicted octanol–water partition coefficient (Wildman–Crippen LogP) is 1.19. The van der Waals surface area contributed by atoms with Gasteiger partial charge in [-0.3, -0.25) is 0 Å². The average molecular weight is 258 g/mol.